The van der Waals surface area contributed by atoms with Crippen LogP contribution in [0.25, 0.3) is 0 Å². The molecule has 0 saturated heterocycles. The van der Waals surface area contributed by atoms with Gasteiger partial charge in [-0.2, -0.15) is 0 Å². The van der Waals surface area contributed by atoms with E-state index in [9.17, 15) is 4.79 Å². The van der Waals surface area contributed by atoms with Crippen LogP contribution in [0.1, 0.15) is 27.2 Å². The number of carbonyl (C=O) groups excluding carboxylic acids is 1. The molecule has 0 aliphatic carbocycles. The van der Waals surface area contributed by atoms with Crippen molar-refractivity contribution in [2.75, 3.05) is 27.2 Å². The first-order valence-electron chi connectivity index (χ1n) is 4.75. The van der Waals surface area contributed by atoms with Gasteiger partial charge in [-0.05, 0) is 25.4 Å². The Balaban J connectivity index is 3.93. The third-order valence-corrected chi connectivity index (χ3v) is 2.25. The summed E-state index contributed by atoms with van der Waals surface area (Å²) in [5.41, 5.74) is 0.198. The van der Waals surface area contributed by atoms with Crippen LogP contribution in [0.15, 0.2) is 0 Å². The fourth-order valence-electron chi connectivity index (χ4n) is 1.30. The molecule has 0 saturated carbocycles. The quantitative estimate of drug-likeness (QED) is 0.697. The van der Waals surface area contributed by atoms with Crippen LogP contribution in [0.5, 0.6) is 0 Å². The normalized spacial score (nSPS) is 11.5. The zero-order chi connectivity index (χ0) is 10.5. The summed E-state index contributed by atoms with van der Waals surface area (Å²) in [7, 11) is 3.80. The molecule has 0 aromatic rings. The number of nitrogens with zero attached hydrogens (tertiary/aromatic N) is 1. The van der Waals surface area contributed by atoms with Crippen molar-refractivity contribution in [2.45, 2.75) is 27.2 Å². The summed E-state index contributed by atoms with van der Waals surface area (Å²) in [6.45, 7) is 7.80. The fourth-order valence-corrected chi connectivity index (χ4v) is 1.30. The van der Waals surface area contributed by atoms with E-state index in [0.29, 0.717) is 0 Å². The lowest BCUT2D eigenvalue weighted by Gasteiger charge is -2.29. The van der Waals surface area contributed by atoms with E-state index in [2.05, 4.69) is 19.2 Å². The van der Waals surface area contributed by atoms with Crippen molar-refractivity contribution < 1.29 is 4.79 Å². The first-order chi connectivity index (χ1) is 5.89. The van der Waals surface area contributed by atoms with Gasteiger partial charge < -0.3 is 10.2 Å². The molecule has 0 aliphatic rings. The molecular formula is C10H22N2O. The van der Waals surface area contributed by atoms with E-state index in [4.69, 9.17) is 0 Å². The molecule has 0 atom stereocenters. The highest BCUT2D eigenvalue weighted by molar-refractivity contribution is 5.72. The van der Waals surface area contributed by atoms with Crippen LogP contribution in [0.3, 0.4) is 0 Å². The first-order valence-corrected chi connectivity index (χ1v) is 4.75. The maximum absolute atomic E-state index is 11.0. The highest BCUT2D eigenvalue weighted by Crippen LogP contribution is 2.20. The van der Waals surface area contributed by atoms with Crippen molar-refractivity contribution in [3.8, 4) is 0 Å². The number of amides is 1. The van der Waals surface area contributed by atoms with E-state index in [1.165, 1.54) is 0 Å². The monoisotopic (exact) mass is 186 g/mol. The van der Waals surface area contributed by atoms with Gasteiger partial charge in [-0.1, -0.05) is 13.8 Å². The van der Waals surface area contributed by atoms with Gasteiger partial charge in [0.2, 0.25) is 5.91 Å². The maximum Gasteiger partial charge on any atom is 0.219 e. The number of carbonyl (C=O) groups is 1. The zero-order valence-corrected chi connectivity index (χ0v) is 9.48. The van der Waals surface area contributed by atoms with Crippen molar-refractivity contribution in [2.24, 2.45) is 5.41 Å². The van der Waals surface area contributed by atoms with Crippen LogP contribution in [0, 0.1) is 5.41 Å². The fraction of sp³-hybridized carbons (Fsp3) is 0.900. The number of nitrogens with one attached hydrogen (secondary N) is 1. The molecule has 78 valence electrons. The Morgan fingerprint density at radius 3 is 2.38 bits per heavy atom. The van der Waals surface area contributed by atoms with Crippen molar-refractivity contribution in [1.82, 2.24) is 10.2 Å². The highest BCUT2D eigenvalue weighted by atomic mass is 16.2. The SMILES string of the molecule is CNCCC(C)(C)CN(C)C(C)=O. The lowest BCUT2D eigenvalue weighted by Crippen LogP contribution is -2.35. The molecule has 0 rings (SSSR count). The molecule has 0 fully saturated rings. The highest BCUT2D eigenvalue weighted by Gasteiger charge is 2.20. The summed E-state index contributed by atoms with van der Waals surface area (Å²) in [4.78, 5) is 12.8. The standard InChI is InChI=1S/C10H22N2O/c1-9(13)12(5)8-10(2,3)6-7-11-4/h11H,6-8H2,1-5H3. The van der Waals surface area contributed by atoms with Gasteiger partial charge in [-0.3, -0.25) is 4.79 Å². The van der Waals surface area contributed by atoms with E-state index in [0.717, 1.165) is 19.5 Å². The van der Waals surface area contributed by atoms with Gasteiger partial charge in [0.05, 0.1) is 0 Å². The van der Waals surface area contributed by atoms with Gasteiger partial charge in [-0.15, -0.1) is 0 Å². The summed E-state index contributed by atoms with van der Waals surface area (Å²) < 4.78 is 0. The molecule has 0 heterocycles. The predicted octanol–water partition coefficient (Wildman–Crippen LogP) is 1.10. The van der Waals surface area contributed by atoms with Crippen LogP contribution in [0.4, 0.5) is 0 Å². The molecule has 3 nitrogen and oxygen atoms in total. The largest absolute Gasteiger partial charge is 0.345 e. The first kappa shape index (κ1) is 12.4. The van der Waals surface area contributed by atoms with Crippen LogP contribution < -0.4 is 5.32 Å². The van der Waals surface area contributed by atoms with E-state index in [1.807, 2.05) is 14.1 Å². The Kier molecular flexibility index (Phi) is 4.99. The minimum Gasteiger partial charge on any atom is -0.345 e. The summed E-state index contributed by atoms with van der Waals surface area (Å²) in [6, 6.07) is 0. The second-order valence-corrected chi connectivity index (χ2v) is 4.39. The van der Waals surface area contributed by atoms with Crippen molar-refractivity contribution in [3.63, 3.8) is 0 Å². The summed E-state index contributed by atoms with van der Waals surface area (Å²) in [5, 5.41) is 3.12. The van der Waals surface area contributed by atoms with Gasteiger partial charge in [-0.25, -0.2) is 0 Å². The topological polar surface area (TPSA) is 32.3 Å². The lowest BCUT2D eigenvalue weighted by atomic mass is 9.89. The van der Waals surface area contributed by atoms with Crippen LogP contribution in [0.2, 0.25) is 0 Å². The van der Waals surface area contributed by atoms with Gasteiger partial charge in [0, 0.05) is 20.5 Å². The smallest absolute Gasteiger partial charge is 0.219 e. The average Bonchev–Trinajstić information content (AvgIpc) is 2.00. The minimum absolute atomic E-state index is 0.137. The second kappa shape index (κ2) is 5.22. The molecular weight excluding hydrogens is 164 g/mol. The molecule has 1 amide bonds. The number of rotatable bonds is 5. The Hall–Kier alpha value is -0.570. The van der Waals surface area contributed by atoms with Crippen LogP contribution in [-0.4, -0.2) is 38.0 Å². The second-order valence-electron chi connectivity index (χ2n) is 4.39. The van der Waals surface area contributed by atoms with Gasteiger partial charge in [0.25, 0.3) is 0 Å². The van der Waals surface area contributed by atoms with Crippen molar-refractivity contribution in [3.05, 3.63) is 0 Å². The van der Waals surface area contributed by atoms with Crippen LogP contribution in [-0.2, 0) is 4.79 Å². The Labute approximate surface area is 81.5 Å². The zero-order valence-electron chi connectivity index (χ0n) is 9.48. The van der Waals surface area contributed by atoms with Gasteiger partial charge >= 0.3 is 0 Å². The molecule has 0 bridgehead atoms. The van der Waals surface area contributed by atoms with Crippen LogP contribution >= 0.6 is 0 Å². The average molecular weight is 186 g/mol. The Morgan fingerprint density at radius 2 is 2.00 bits per heavy atom. The molecule has 0 aromatic heterocycles. The molecule has 0 aromatic carbocycles. The molecule has 0 aliphatic heterocycles. The van der Waals surface area contributed by atoms with E-state index >= 15 is 0 Å². The van der Waals surface area contributed by atoms with Gasteiger partial charge in [0.15, 0.2) is 0 Å². The molecule has 0 unspecified atom stereocenters. The molecule has 1 N–H and O–H groups in total. The summed E-state index contributed by atoms with van der Waals surface area (Å²) >= 11 is 0. The molecule has 13 heavy (non-hydrogen) atoms. The Morgan fingerprint density at radius 1 is 1.46 bits per heavy atom. The summed E-state index contributed by atoms with van der Waals surface area (Å²) in [5.74, 6) is 0.137. The predicted molar refractivity (Wildman–Crippen MR) is 55.6 cm³/mol. The third-order valence-electron chi connectivity index (χ3n) is 2.25. The van der Waals surface area contributed by atoms with Crippen molar-refractivity contribution >= 4 is 5.91 Å². The maximum atomic E-state index is 11.0. The minimum atomic E-state index is 0.137. The molecule has 3 heteroatoms. The van der Waals surface area contributed by atoms with E-state index < -0.39 is 0 Å². The number of hydrogen-bond acceptors (Lipinski definition) is 2. The van der Waals surface area contributed by atoms with E-state index in [-0.39, 0.29) is 11.3 Å². The lowest BCUT2D eigenvalue weighted by molar-refractivity contribution is -0.128. The number of hydrogen-bond donors (Lipinski definition) is 1. The van der Waals surface area contributed by atoms with Crippen molar-refractivity contribution in [1.29, 1.82) is 0 Å². The Bertz CT molecular complexity index is 166. The summed E-state index contributed by atoms with van der Waals surface area (Å²) in [6.07, 6.45) is 1.08. The van der Waals surface area contributed by atoms with E-state index in [1.54, 1.807) is 11.8 Å². The van der Waals surface area contributed by atoms with Gasteiger partial charge in [0.1, 0.15) is 0 Å². The molecule has 0 radical (unpaired) electrons. The third kappa shape index (κ3) is 5.64. The molecule has 0 spiro atoms.